The van der Waals surface area contributed by atoms with Gasteiger partial charge in [0.25, 0.3) is 5.89 Å². The van der Waals surface area contributed by atoms with Gasteiger partial charge in [-0.1, -0.05) is 5.16 Å². The van der Waals surface area contributed by atoms with Crippen molar-refractivity contribution in [2.45, 2.75) is 6.54 Å². The zero-order chi connectivity index (χ0) is 13.9. The van der Waals surface area contributed by atoms with Gasteiger partial charge in [-0.25, -0.2) is 4.98 Å². The molecule has 0 radical (unpaired) electrons. The monoisotopic (exact) mass is 271 g/mol. The van der Waals surface area contributed by atoms with E-state index in [1.54, 1.807) is 36.8 Å². The minimum absolute atomic E-state index is 0.193. The molecular weight excluding hydrogens is 258 g/mol. The largest absolute Gasteiger partial charge is 0.508 e. The van der Waals surface area contributed by atoms with Crippen molar-refractivity contribution >= 4 is 0 Å². The van der Waals surface area contributed by atoms with E-state index in [4.69, 9.17) is 10.3 Å². The molecule has 20 heavy (non-hydrogen) atoms. The van der Waals surface area contributed by atoms with E-state index in [-0.39, 0.29) is 5.75 Å². The highest BCUT2D eigenvalue weighted by atomic mass is 16.5. The summed E-state index contributed by atoms with van der Waals surface area (Å²) < 4.78 is 7.06. The van der Waals surface area contributed by atoms with Crippen LogP contribution in [0.4, 0.5) is 0 Å². The van der Waals surface area contributed by atoms with Crippen LogP contribution in [-0.2, 0) is 6.54 Å². The fourth-order valence-corrected chi connectivity index (χ4v) is 1.80. The first-order valence-corrected chi connectivity index (χ1v) is 6.11. The molecule has 0 atom stereocenters. The standard InChI is InChI=1S/C13H13N5O2/c14-5-6-18-7-11(15-8-18)13-16-12(17-20-13)9-1-3-10(19)4-2-9/h1-4,7-8,19H,5-6,14H2. The van der Waals surface area contributed by atoms with E-state index >= 15 is 0 Å². The number of hydrogen-bond donors (Lipinski definition) is 2. The van der Waals surface area contributed by atoms with Gasteiger partial charge in [0.05, 0.1) is 6.33 Å². The Labute approximate surface area is 114 Å². The fraction of sp³-hybridized carbons (Fsp3) is 0.154. The van der Waals surface area contributed by atoms with Gasteiger partial charge < -0.3 is 19.9 Å². The summed E-state index contributed by atoms with van der Waals surface area (Å²) in [5.74, 6) is 0.996. The van der Waals surface area contributed by atoms with Crippen molar-refractivity contribution in [3.63, 3.8) is 0 Å². The lowest BCUT2D eigenvalue weighted by Gasteiger charge is -1.94. The summed E-state index contributed by atoms with van der Waals surface area (Å²) in [6.45, 7) is 1.23. The van der Waals surface area contributed by atoms with Gasteiger partial charge >= 0.3 is 0 Å². The molecule has 0 unspecified atom stereocenters. The normalized spacial score (nSPS) is 10.8. The number of phenolic OH excluding ortho intramolecular Hbond substituents is 1. The molecule has 0 aliphatic heterocycles. The summed E-state index contributed by atoms with van der Waals surface area (Å²) in [6.07, 6.45) is 3.48. The summed E-state index contributed by atoms with van der Waals surface area (Å²) in [6, 6.07) is 6.58. The summed E-state index contributed by atoms with van der Waals surface area (Å²) >= 11 is 0. The first kappa shape index (κ1) is 12.4. The van der Waals surface area contributed by atoms with E-state index in [1.807, 2.05) is 4.57 Å². The van der Waals surface area contributed by atoms with Crippen molar-refractivity contribution < 1.29 is 9.63 Å². The number of rotatable bonds is 4. The van der Waals surface area contributed by atoms with E-state index in [0.29, 0.717) is 30.5 Å². The number of imidazole rings is 1. The van der Waals surface area contributed by atoms with Gasteiger partial charge in [-0.2, -0.15) is 4.98 Å². The Hall–Kier alpha value is -2.67. The molecule has 0 bridgehead atoms. The van der Waals surface area contributed by atoms with Crippen LogP contribution in [0, 0.1) is 0 Å². The lowest BCUT2D eigenvalue weighted by Crippen LogP contribution is -2.07. The maximum absolute atomic E-state index is 9.25. The smallest absolute Gasteiger partial charge is 0.278 e. The number of nitrogens with two attached hydrogens (primary N) is 1. The van der Waals surface area contributed by atoms with Gasteiger partial charge in [0, 0.05) is 24.8 Å². The van der Waals surface area contributed by atoms with Crippen LogP contribution in [0.2, 0.25) is 0 Å². The van der Waals surface area contributed by atoms with Crippen molar-refractivity contribution in [2.24, 2.45) is 5.73 Å². The summed E-state index contributed by atoms with van der Waals surface area (Å²) in [7, 11) is 0. The van der Waals surface area contributed by atoms with Crippen LogP contribution < -0.4 is 5.73 Å². The fourth-order valence-electron chi connectivity index (χ4n) is 1.80. The molecule has 0 aliphatic carbocycles. The Morgan fingerprint density at radius 3 is 2.80 bits per heavy atom. The maximum Gasteiger partial charge on any atom is 0.278 e. The molecule has 102 valence electrons. The molecule has 7 heteroatoms. The Balaban J connectivity index is 1.87. The lowest BCUT2D eigenvalue weighted by molar-refractivity contribution is 0.431. The molecule has 0 amide bonds. The molecule has 3 rings (SSSR count). The zero-order valence-corrected chi connectivity index (χ0v) is 10.6. The Bertz CT molecular complexity index is 702. The van der Waals surface area contributed by atoms with Gasteiger partial charge in [-0.15, -0.1) is 0 Å². The van der Waals surface area contributed by atoms with Crippen LogP contribution in [0.15, 0.2) is 41.3 Å². The molecule has 2 aromatic heterocycles. The van der Waals surface area contributed by atoms with E-state index < -0.39 is 0 Å². The third-order valence-electron chi connectivity index (χ3n) is 2.79. The van der Waals surface area contributed by atoms with Crippen LogP contribution in [-0.4, -0.2) is 31.3 Å². The van der Waals surface area contributed by atoms with Crippen molar-refractivity contribution in [1.29, 1.82) is 0 Å². The lowest BCUT2D eigenvalue weighted by atomic mass is 10.2. The summed E-state index contributed by atoms with van der Waals surface area (Å²) in [5.41, 5.74) is 6.85. The Morgan fingerprint density at radius 1 is 1.25 bits per heavy atom. The molecule has 7 nitrogen and oxygen atoms in total. The number of aromatic nitrogens is 4. The minimum atomic E-state index is 0.193. The predicted molar refractivity (Wildman–Crippen MR) is 71.7 cm³/mol. The Morgan fingerprint density at radius 2 is 2.05 bits per heavy atom. The van der Waals surface area contributed by atoms with E-state index in [9.17, 15) is 5.11 Å². The van der Waals surface area contributed by atoms with Crippen LogP contribution in [0.1, 0.15) is 0 Å². The third kappa shape index (κ3) is 2.39. The van der Waals surface area contributed by atoms with Gasteiger partial charge in [0.1, 0.15) is 11.4 Å². The maximum atomic E-state index is 9.25. The molecule has 2 heterocycles. The van der Waals surface area contributed by atoms with Crippen molar-refractivity contribution in [3.05, 3.63) is 36.8 Å². The van der Waals surface area contributed by atoms with E-state index in [1.165, 1.54) is 0 Å². The summed E-state index contributed by atoms with van der Waals surface area (Å²) in [4.78, 5) is 8.48. The highest BCUT2D eigenvalue weighted by Crippen LogP contribution is 2.22. The van der Waals surface area contributed by atoms with Crippen molar-refractivity contribution in [3.8, 4) is 28.7 Å². The number of benzene rings is 1. The van der Waals surface area contributed by atoms with Crippen molar-refractivity contribution in [1.82, 2.24) is 19.7 Å². The Kier molecular flexibility index (Phi) is 3.18. The molecule has 0 aliphatic rings. The zero-order valence-electron chi connectivity index (χ0n) is 10.6. The molecule has 3 N–H and O–H groups in total. The minimum Gasteiger partial charge on any atom is -0.508 e. The highest BCUT2D eigenvalue weighted by Gasteiger charge is 2.12. The van der Waals surface area contributed by atoms with Crippen LogP contribution in [0.3, 0.4) is 0 Å². The molecule has 1 aromatic carbocycles. The average molecular weight is 271 g/mol. The topological polar surface area (TPSA) is 103 Å². The number of hydrogen-bond acceptors (Lipinski definition) is 6. The molecule has 0 saturated carbocycles. The number of nitrogens with zero attached hydrogens (tertiary/aromatic N) is 4. The quantitative estimate of drug-likeness (QED) is 0.740. The van der Waals surface area contributed by atoms with E-state index in [0.717, 1.165) is 5.56 Å². The predicted octanol–water partition coefficient (Wildman–Crippen LogP) is 1.26. The van der Waals surface area contributed by atoms with Gasteiger partial charge in [0.15, 0.2) is 0 Å². The molecular formula is C13H13N5O2. The van der Waals surface area contributed by atoms with Crippen molar-refractivity contribution in [2.75, 3.05) is 6.54 Å². The highest BCUT2D eigenvalue weighted by molar-refractivity contribution is 5.58. The first-order chi connectivity index (χ1) is 9.76. The average Bonchev–Trinajstić information content (AvgIpc) is 3.08. The number of aromatic hydroxyl groups is 1. The molecule has 0 fully saturated rings. The number of phenols is 1. The second-order valence-corrected chi connectivity index (χ2v) is 4.26. The SMILES string of the molecule is NCCn1cnc(-c2nc(-c3ccc(O)cc3)no2)c1. The van der Waals surface area contributed by atoms with Crippen LogP contribution in [0.25, 0.3) is 23.0 Å². The second kappa shape index (κ2) is 5.14. The molecule has 3 aromatic rings. The van der Waals surface area contributed by atoms with Gasteiger partial charge in [0.2, 0.25) is 5.82 Å². The molecule has 0 saturated heterocycles. The van der Waals surface area contributed by atoms with E-state index in [2.05, 4.69) is 15.1 Å². The second-order valence-electron chi connectivity index (χ2n) is 4.26. The molecule has 0 spiro atoms. The third-order valence-corrected chi connectivity index (χ3v) is 2.79. The van der Waals surface area contributed by atoms with Crippen LogP contribution >= 0.6 is 0 Å². The van der Waals surface area contributed by atoms with Gasteiger partial charge in [-0.05, 0) is 24.3 Å². The van der Waals surface area contributed by atoms with Crippen LogP contribution in [0.5, 0.6) is 5.75 Å². The van der Waals surface area contributed by atoms with Gasteiger partial charge in [-0.3, -0.25) is 0 Å². The summed E-state index contributed by atoms with van der Waals surface area (Å²) in [5, 5.41) is 13.2. The first-order valence-electron chi connectivity index (χ1n) is 6.11.